The SMILES string of the molecule is CCn1ncc([C@@H](C)NC(=O)c2cc(-c3ccc(C)cc3)on2)c1C. The molecule has 25 heavy (non-hydrogen) atoms. The molecule has 0 aliphatic rings. The van der Waals surface area contributed by atoms with Gasteiger partial charge in [-0.1, -0.05) is 35.0 Å². The van der Waals surface area contributed by atoms with E-state index in [1.54, 1.807) is 12.3 Å². The molecular formula is C19H22N4O2. The lowest BCUT2D eigenvalue weighted by atomic mass is 10.1. The van der Waals surface area contributed by atoms with E-state index in [-0.39, 0.29) is 17.6 Å². The van der Waals surface area contributed by atoms with Gasteiger partial charge in [-0.25, -0.2) is 0 Å². The molecule has 3 rings (SSSR count). The predicted octanol–water partition coefficient (Wildman–Crippen LogP) is 3.67. The van der Waals surface area contributed by atoms with Gasteiger partial charge in [-0.15, -0.1) is 0 Å². The largest absolute Gasteiger partial charge is 0.355 e. The van der Waals surface area contributed by atoms with Gasteiger partial charge < -0.3 is 9.84 Å². The minimum Gasteiger partial charge on any atom is -0.355 e. The minimum atomic E-state index is -0.265. The lowest BCUT2D eigenvalue weighted by Crippen LogP contribution is -2.27. The van der Waals surface area contributed by atoms with Crippen LogP contribution >= 0.6 is 0 Å². The Balaban J connectivity index is 1.73. The number of aryl methyl sites for hydroxylation is 2. The lowest BCUT2D eigenvalue weighted by molar-refractivity contribution is 0.0930. The number of carbonyl (C=O) groups excluding carboxylic acids is 1. The summed E-state index contributed by atoms with van der Waals surface area (Å²) in [4.78, 5) is 12.5. The molecule has 0 saturated heterocycles. The summed E-state index contributed by atoms with van der Waals surface area (Å²) >= 11 is 0. The molecule has 0 unspecified atom stereocenters. The standard InChI is InChI=1S/C19H22N4O2/c1-5-23-14(4)16(11-20-23)13(3)21-19(24)17-10-18(25-22-17)15-8-6-12(2)7-9-15/h6-11,13H,5H2,1-4H3,(H,21,24)/t13-/m1/s1. The van der Waals surface area contributed by atoms with E-state index < -0.39 is 0 Å². The maximum atomic E-state index is 12.5. The Morgan fingerprint density at radius 1 is 1.28 bits per heavy atom. The highest BCUT2D eigenvalue weighted by Crippen LogP contribution is 2.22. The monoisotopic (exact) mass is 338 g/mol. The maximum absolute atomic E-state index is 12.5. The van der Waals surface area contributed by atoms with Crippen molar-refractivity contribution in [3.63, 3.8) is 0 Å². The third-order valence-corrected chi connectivity index (χ3v) is 4.33. The van der Waals surface area contributed by atoms with E-state index in [9.17, 15) is 4.79 Å². The van der Waals surface area contributed by atoms with E-state index in [1.165, 1.54) is 0 Å². The Hall–Kier alpha value is -2.89. The van der Waals surface area contributed by atoms with Gasteiger partial charge in [0.25, 0.3) is 5.91 Å². The molecule has 0 bridgehead atoms. The molecule has 1 amide bonds. The van der Waals surface area contributed by atoms with Crippen LogP contribution in [-0.4, -0.2) is 20.8 Å². The minimum absolute atomic E-state index is 0.160. The highest BCUT2D eigenvalue weighted by Gasteiger charge is 2.19. The first-order chi connectivity index (χ1) is 12.0. The molecule has 2 aromatic heterocycles. The van der Waals surface area contributed by atoms with Gasteiger partial charge >= 0.3 is 0 Å². The van der Waals surface area contributed by atoms with Crippen LogP contribution in [0.2, 0.25) is 0 Å². The molecule has 0 fully saturated rings. The molecule has 1 aromatic carbocycles. The van der Waals surface area contributed by atoms with Crippen molar-refractivity contribution in [2.45, 2.75) is 40.3 Å². The van der Waals surface area contributed by atoms with Gasteiger partial charge in [0.05, 0.1) is 12.2 Å². The van der Waals surface area contributed by atoms with E-state index in [0.717, 1.165) is 28.9 Å². The second-order valence-electron chi connectivity index (χ2n) is 6.14. The van der Waals surface area contributed by atoms with Crippen molar-refractivity contribution in [2.75, 3.05) is 0 Å². The van der Waals surface area contributed by atoms with Crippen LogP contribution in [0.25, 0.3) is 11.3 Å². The molecule has 2 heterocycles. The van der Waals surface area contributed by atoms with Crippen molar-refractivity contribution in [3.05, 3.63) is 59.0 Å². The zero-order valence-corrected chi connectivity index (χ0v) is 14.9. The summed E-state index contributed by atoms with van der Waals surface area (Å²) in [5, 5.41) is 11.2. The number of nitrogens with zero attached hydrogens (tertiary/aromatic N) is 3. The molecule has 6 nitrogen and oxygen atoms in total. The van der Waals surface area contributed by atoms with Gasteiger partial charge in [0.1, 0.15) is 0 Å². The highest BCUT2D eigenvalue weighted by molar-refractivity contribution is 5.93. The first-order valence-corrected chi connectivity index (χ1v) is 8.36. The van der Waals surface area contributed by atoms with Gasteiger partial charge in [0.15, 0.2) is 11.5 Å². The molecular weight excluding hydrogens is 316 g/mol. The van der Waals surface area contributed by atoms with Gasteiger partial charge in [0, 0.05) is 29.4 Å². The summed E-state index contributed by atoms with van der Waals surface area (Å²) in [5.74, 6) is 0.311. The fraction of sp³-hybridized carbons (Fsp3) is 0.316. The molecule has 1 N–H and O–H groups in total. The molecule has 6 heteroatoms. The Kier molecular flexibility index (Phi) is 4.70. The summed E-state index contributed by atoms with van der Waals surface area (Å²) in [5.41, 5.74) is 4.37. The Morgan fingerprint density at radius 2 is 2.00 bits per heavy atom. The Morgan fingerprint density at radius 3 is 2.64 bits per heavy atom. The molecule has 1 atom stereocenters. The van der Waals surface area contributed by atoms with Crippen molar-refractivity contribution in [2.24, 2.45) is 0 Å². The van der Waals surface area contributed by atoms with Crippen molar-refractivity contribution >= 4 is 5.91 Å². The summed E-state index contributed by atoms with van der Waals surface area (Å²) in [6, 6.07) is 9.38. The number of nitrogens with one attached hydrogen (secondary N) is 1. The van der Waals surface area contributed by atoms with E-state index in [2.05, 4.69) is 15.6 Å². The zero-order valence-electron chi connectivity index (χ0n) is 14.9. The van der Waals surface area contributed by atoms with Crippen LogP contribution in [-0.2, 0) is 6.54 Å². The fourth-order valence-electron chi connectivity index (χ4n) is 2.79. The summed E-state index contributed by atoms with van der Waals surface area (Å²) in [6.07, 6.45) is 1.80. The van der Waals surface area contributed by atoms with Gasteiger partial charge in [-0.2, -0.15) is 5.10 Å². The third kappa shape index (κ3) is 3.47. The molecule has 0 spiro atoms. The Bertz CT molecular complexity index is 877. The van der Waals surface area contributed by atoms with E-state index in [4.69, 9.17) is 4.52 Å². The number of carbonyl (C=O) groups is 1. The molecule has 0 saturated carbocycles. The second-order valence-corrected chi connectivity index (χ2v) is 6.14. The van der Waals surface area contributed by atoms with E-state index >= 15 is 0 Å². The number of hydrogen-bond acceptors (Lipinski definition) is 4. The van der Waals surface area contributed by atoms with E-state index in [1.807, 2.05) is 56.6 Å². The number of aromatic nitrogens is 3. The van der Waals surface area contributed by atoms with Gasteiger partial charge in [0.2, 0.25) is 0 Å². The van der Waals surface area contributed by atoms with Crippen LogP contribution in [0.4, 0.5) is 0 Å². The summed E-state index contributed by atoms with van der Waals surface area (Å²) in [6.45, 7) is 8.79. The Labute approximate surface area is 146 Å². The smallest absolute Gasteiger partial charge is 0.273 e. The second kappa shape index (κ2) is 6.93. The number of amides is 1. The average Bonchev–Trinajstić information content (AvgIpc) is 3.22. The topological polar surface area (TPSA) is 73.0 Å². The average molecular weight is 338 g/mol. The molecule has 0 aliphatic carbocycles. The predicted molar refractivity (Wildman–Crippen MR) is 95.2 cm³/mol. The van der Waals surface area contributed by atoms with Crippen LogP contribution < -0.4 is 5.32 Å². The third-order valence-electron chi connectivity index (χ3n) is 4.33. The summed E-state index contributed by atoms with van der Waals surface area (Å²) < 4.78 is 7.22. The molecule has 130 valence electrons. The van der Waals surface area contributed by atoms with Crippen molar-refractivity contribution in [1.82, 2.24) is 20.3 Å². The maximum Gasteiger partial charge on any atom is 0.273 e. The zero-order chi connectivity index (χ0) is 18.0. The normalized spacial score (nSPS) is 12.2. The number of hydrogen-bond donors (Lipinski definition) is 1. The van der Waals surface area contributed by atoms with Crippen molar-refractivity contribution < 1.29 is 9.32 Å². The molecule has 3 aromatic rings. The van der Waals surface area contributed by atoms with Crippen LogP contribution in [0.1, 0.15) is 47.2 Å². The van der Waals surface area contributed by atoms with Crippen molar-refractivity contribution in [3.8, 4) is 11.3 Å². The highest BCUT2D eigenvalue weighted by atomic mass is 16.5. The van der Waals surface area contributed by atoms with E-state index in [0.29, 0.717) is 5.76 Å². The molecule has 0 radical (unpaired) electrons. The quantitative estimate of drug-likeness (QED) is 0.770. The lowest BCUT2D eigenvalue weighted by Gasteiger charge is -2.12. The van der Waals surface area contributed by atoms with Crippen LogP contribution in [0.15, 0.2) is 41.1 Å². The fourth-order valence-corrected chi connectivity index (χ4v) is 2.79. The molecule has 0 aliphatic heterocycles. The first kappa shape index (κ1) is 17.0. The van der Waals surface area contributed by atoms with Crippen molar-refractivity contribution in [1.29, 1.82) is 0 Å². The van der Waals surface area contributed by atoms with Crippen LogP contribution in [0.5, 0.6) is 0 Å². The number of rotatable bonds is 5. The van der Waals surface area contributed by atoms with Crippen LogP contribution in [0, 0.1) is 13.8 Å². The van der Waals surface area contributed by atoms with Gasteiger partial charge in [-0.05, 0) is 27.7 Å². The van der Waals surface area contributed by atoms with Crippen LogP contribution in [0.3, 0.4) is 0 Å². The first-order valence-electron chi connectivity index (χ1n) is 8.36. The van der Waals surface area contributed by atoms with Gasteiger partial charge in [-0.3, -0.25) is 9.48 Å². The number of benzene rings is 1. The summed E-state index contributed by atoms with van der Waals surface area (Å²) in [7, 11) is 0.